The lowest BCUT2D eigenvalue weighted by atomic mass is 9.89. The van der Waals surface area contributed by atoms with Gasteiger partial charge in [0.2, 0.25) is 5.91 Å². The van der Waals surface area contributed by atoms with Gasteiger partial charge in [0, 0.05) is 12.6 Å². The van der Waals surface area contributed by atoms with E-state index in [0.29, 0.717) is 5.92 Å². The quantitative estimate of drug-likeness (QED) is 0.654. The van der Waals surface area contributed by atoms with Crippen molar-refractivity contribution in [2.75, 3.05) is 13.1 Å². The maximum absolute atomic E-state index is 11.8. The fraction of sp³-hybridized carbons (Fsp3) is 0.933. The van der Waals surface area contributed by atoms with Crippen molar-refractivity contribution < 1.29 is 9.90 Å². The van der Waals surface area contributed by atoms with Crippen molar-refractivity contribution in [1.82, 2.24) is 10.6 Å². The van der Waals surface area contributed by atoms with Crippen molar-refractivity contribution in [3.63, 3.8) is 0 Å². The van der Waals surface area contributed by atoms with Gasteiger partial charge in [-0.05, 0) is 51.0 Å². The lowest BCUT2D eigenvalue weighted by molar-refractivity contribution is -0.130. The van der Waals surface area contributed by atoms with Crippen molar-refractivity contribution in [2.24, 2.45) is 11.8 Å². The third-order valence-electron chi connectivity index (χ3n) is 4.46. The molecule has 2 unspecified atom stereocenters. The van der Waals surface area contributed by atoms with Crippen LogP contribution in [-0.4, -0.2) is 36.2 Å². The number of carbonyl (C=O) groups excluding carboxylic acids is 1. The van der Waals surface area contributed by atoms with Gasteiger partial charge in [-0.25, -0.2) is 0 Å². The van der Waals surface area contributed by atoms with E-state index in [2.05, 4.69) is 10.6 Å². The molecule has 2 aliphatic carbocycles. The Bertz CT molecular complexity index is 286. The van der Waals surface area contributed by atoms with E-state index in [9.17, 15) is 9.90 Å². The lowest BCUT2D eigenvalue weighted by Gasteiger charge is -2.25. The van der Waals surface area contributed by atoms with Gasteiger partial charge in [0.05, 0.1) is 0 Å². The minimum Gasteiger partial charge on any atom is -0.382 e. The van der Waals surface area contributed by atoms with Crippen molar-refractivity contribution in [2.45, 2.75) is 64.0 Å². The van der Waals surface area contributed by atoms with E-state index in [4.69, 9.17) is 0 Å². The minimum absolute atomic E-state index is 0.166. The lowest BCUT2D eigenvalue weighted by Crippen LogP contribution is -2.48. The van der Waals surface area contributed by atoms with Crippen LogP contribution in [0.5, 0.6) is 0 Å². The molecule has 2 atom stereocenters. The van der Waals surface area contributed by atoms with Crippen molar-refractivity contribution in [3.8, 4) is 0 Å². The number of nitrogens with one attached hydrogen (secondary N) is 2. The Morgan fingerprint density at radius 3 is 2.37 bits per heavy atom. The highest BCUT2D eigenvalue weighted by Gasteiger charge is 2.26. The Morgan fingerprint density at radius 2 is 1.74 bits per heavy atom. The Hall–Kier alpha value is -0.610. The van der Waals surface area contributed by atoms with E-state index in [1.807, 2.05) is 6.92 Å². The van der Waals surface area contributed by atoms with Crippen LogP contribution in [0.3, 0.4) is 0 Å². The molecule has 4 nitrogen and oxygen atoms in total. The summed E-state index contributed by atoms with van der Waals surface area (Å²) in [5.74, 6) is 1.15. The Morgan fingerprint density at radius 1 is 1.11 bits per heavy atom. The minimum atomic E-state index is -0.928. The molecular weight excluding hydrogens is 240 g/mol. The van der Waals surface area contributed by atoms with Crippen molar-refractivity contribution >= 4 is 5.91 Å². The summed E-state index contributed by atoms with van der Waals surface area (Å²) in [7, 11) is 0. The van der Waals surface area contributed by atoms with Gasteiger partial charge >= 0.3 is 0 Å². The van der Waals surface area contributed by atoms with Crippen molar-refractivity contribution in [3.05, 3.63) is 0 Å². The highest BCUT2D eigenvalue weighted by Crippen LogP contribution is 2.27. The van der Waals surface area contributed by atoms with E-state index in [1.165, 1.54) is 44.9 Å². The Labute approximate surface area is 116 Å². The number of carbonyl (C=O) groups is 1. The molecule has 0 heterocycles. The first-order valence-corrected chi connectivity index (χ1v) is 7.86. The topological polar surface area (TPSA) is 61.4 Å². The average molecular weight is 268 g/mol. The van der Waals surface area contributed by atoms with Crippen LogP contribution in [0.15, 0.2) is 0 Å². The molecule has 3 N–H and O–H groups in total. The van der Waals surface area contributed by atoms with E-state index < -0.39 is 6.10 Å². The molecule has 19 heavy (non-hydrogen) atoms. The Kier molecular flexibility index (Phi) is 5.64. The van der Waals surface area contributed by atoms with Gasteiger partial charge in [0.25, 0.3) is 0 Å². The standard InChI is InChI=1S/C15H28N2O2/c1-11(16-9-12-5-3-2-4-6-12)14(18)15(19)17-10-13-7-8-13/h11-14,16,18H,2-10H2,1H3,(H,17,19). The normalized spacial score (nSPS) is 23.9. The first-order chi connectivity index (χ1) is 9.16. The molecule has 0 radical (unpaired) electrons. The summed E-state index contributed by atoms with van der Waals surface area (Å²) in [6.07, 6.45) is 8.07. The number of amides is 1. The molecule has 0 aliphatic heterocycles. The van der Waals surface area contributed by atoms with Gasteiger partial charge in [0.1, 0.15) is 6.10 Å². The number of hydrogen-bond acceptors (Lipinski definition) is 3. The molecule has 1 amide bonds. The number of rotatable bonds is 7. The van der Waals surface area contributed by atoms with Crippen LogP contribution in [0.4, 0.5) is 0 Å². The highest BCUT2D eigenvalue weighted by molar-refractivity contribution is 5.81. The van der Waals surface area contributed by atoms with E-state index in [1.54, 1.807) is 0 Å². The third-order valence-corrected chi connectivity index (χ3v) is 4.46. The zero-order valence-electron chi connectivity index (χ0n) is 12.0. The van der Waals surface area contributed by atoms with Gasteiger partial charge in [-0.1, -0.05) is 19.3 Å². The van der Waals surface area contributed by atoms with Gasteiger partial charge in [-0.2, -0.15) is 0 Å². The molecule has 0 saturated heterocycles. The SMILES string of the molecule is CC(NCC1CCCCC1)C(O)C(=O)NCC1CC1. The predicted octanol–water partition coefficient (Wildman–Crippen LogP) is 1.43. The van der Waals surface area contributed by atoms with Crippen LogP contribution >= 0.6 is 0 Å². The summed E-state index contributed by atoms with van der Waals surface area (Å²) in [6, 6.07) is -0.166. The highest BCUT2D eigenvalue weighted by atomic mass is 16.3. The van der Waals surface area contributed by atoms with Crippen LogP contribution in [-0.2, 0) is 4.79 Å². The summed E-state index contributed by atoms with van der Waals surface area (Å²) in [5.41, 5.74) is 0. The number of aliphatic hydroxyl groups excluding tert-OH is 1. The zero-order valence-corrected chi connectivity index (χ0v) is 12.0. The fourth-order valence-electron chi connectivity index (χ4n) is 2.75. The molecule has 4 heteroatoms. The van der Waals surface area contributed by atoms with Crippen molar-refractivity contribution in [1.29, 1.82) is 0 Å². The molecule has 0 spiro atoms. The number of aliphatic hydroxyl groups is 1. The summed E-state index contributed by atoms with van der Waals surface area (Å²) >= 11 is 0. The summed E-state index contributed by atoms with van der Waals surface area (Å²) < 4.78 is 0. The monoisotopic (exact) mass is 268 g/mol. The first-order valence-electron chi connectivity index (χ1n) is 7.86. The van der Waals surface area contributed by atoms with Crippen LogP contribution in [0.2, 0.25) is 0 Å². The van der Waals surface area contributed by atoms with Gasteiger partial charge in [-0.3, -0.25) is 4.79 Å². The second-order valence-corrected chi connectivity index (χ2v) is 6.33. The molecular formula is C15H28N2O2. The largest absolute Gasteiger partial charge is 0.382 e. The second-order valence-electron chi connectivity index (χ2n) is 6.33. The molecule has 2 rings (SSSR count). The van der Waals surface area contributed by atoms with Crippen LogP contribution < -0.4 is 10.6 Å². The summed E-state index contributed by atoms with van der Waals surface area (Å²) in [4.78, 5) is 11.8. The average Bonchev–Trinajstić information content (AvgIpc) is 3.26. The first kappa shape index (κ1) is 14.8. The third kappa shape index (κ3) is 5.11. The number of hydrogen-bond donors (Lipinski definition) is 3. The molecule has 2 fully saturated rings. The summed E-state index contributed by atoms with van der Waals surface area (Å²) in [5, 5.41) is 16.1. The maximum atomic E-state index is 11.8. The van der Waals surface area contributed by atoms with Crippen LogP contribution in [0.1, 0.15) is 51.9 Å². The maximum Gasteiger partial charge on any atom is 0.250 e. The van der Waals surface area contributed by atoms with E-state index in [-0.39, 0.29) is 11.9 Å². The van der Waals surface area contributed by atoms with Gasteiger partial charge in [-0.15, -0.1) is 0 Å². The van der Waals surface area contributed by atoms with Crippen LogP contribution in [0.25, 0.3) is 0 Å². The van der Waals surface area contributed by atoms with E-state index in [0.717, 1.165) is 19.0 Å². The van der Waals surface area contributed by atoms with Gasteiger partial charge < -0.3 is 15.7 Å². The smallest absolute Gasteiger partial charge is 0.250 e. The second kappa shape index (κ2) is 7.25. The van der Waals surface area contributed by atoms with E-state index >= 15 is 0 Å². The van der Waals surface area contributed by atoms with Crippen LogP contribution in [0, 0.1) is 11.8 Å². The Balaban J connectivity index is 1.62. The molecule has 2 aliphatic rings. The molecule has 0 aromatic carbocycles. The molecule has 110 valence electrons. The molecule has 0 bridgehead atoms. The zero-order chi connectivity index (χ0) is 13.7. The molecule has 0 aromatic rings. The fourth-order valence-corrected chi connectivity index (χ4v) is 2.75. The molecule has 0 aromatic heterocycles. The van der Waals surface area contributed by atoms with Gasteiger partial charge in [0.15, 0.2) is 0 Å². The molecule has 2 saturated carbocycles. The summed E-state index contributed by atoms with van der Waals surface area (Å²) in [6.45, 7) is 3.55. The predicted molar refractivity (Wildman–Crippen MR) is 75.8 cm³/mol.